The third-order valence-corrected chi connectivity index (χ3v) is 6.45. The van der Waals surface area contributed by atoms with Crippen molar-refractivity contribution < 1.29 is 14.0 Å². The van der Waals surface area contributed by atoms with Gasteiger partial charge in [0.15, 0.2) is 0 Å². The van der Waals surface area contributed by atoms with E-state index in [0.29, 0.717) is 43.0 Å². The van der Waals surface area contributed by atoms with Crippen LogP contribution in [0.4, 0.5) is 10.1 Å². The van der Waals surface area contributed by atoms with E-state index in [1.165, 1.54) is 12.1 Å². The number of carbonyl (C=O) groups is 2. The van der Waals surface area contributed by atoms with E-state index in [4.69, 9.17) is 0 Å². The monoisotopic (exact) mass is 425 g/mol. The summed E-state index contributed by atoms with van der Waals surface area (Å²) >= 11 is 0. The highest BCUT2D eigenvalue weighted by molar-refractivity contribution is 5.93. The molecule has 0 aliphatic carbocycles. The number of anilines is 1. The van der Waals surface area contributed by atoms with Crippen molar-refractivity contribution in [1.82, 2.24) is 19.8 Å². The van der Waals surface area contributed by atoms with Crippen molar-refractivity contribution in [2.45, 2.75) is 32.2 Å². The number of carbonyl (C=O) groups excluding carboxylic acids is 2. The lowest BCUT2D eigenvalue weighted by Crippen LogP contribution is -2.44. The van der Waals surface area contributed by atoms with Crippen molar-refractivity contribution in [3.63, 3.8) is 0 Å². The van der Waals surface area contributed by atoms with Crippen molar-refractivity contribution in [2.24, 2.45) is 11.8 Å². The first-order valence-electron chi connectivity index (χ1n) is 10.8. The number of likely N-dealkylation sites (tertiary alicyclic amines) is 2. The molecule has 0 saturated carbocycles. The standard InChI is InChI=1S/C23H28FN5O2/c1-15-12-26-20(13-25-15)23(31)29-9-7-16(8-10-29)21-11-17(14-28(21)2)22(30)27-19-5-3-18(24)4-6-19/h3-6,12-13,16-17,21H,7-11,14H2,1-2H3,(H,27,30)/t17-,21+/m0/s1. The van der Waals surface area contributed by atoms with Crippen molar-refractivity contribution in [3.05, 3.63) is 53.9 Å². The predicted molar refractivity (Wildman–Crippen MR) is 115 cm³/mol. The number of hydrogen-bond acceptors (Lipinski definition) is 5. The smallest absolute Gasteiger partial charge is 0.274 e. The van der Waals surface area contributed by atoms with Crippen molar-refractivity contribution in [3.8, 4) is 0 Å². The number of amides is 2. The number of aromatic nitrogens is 2. The number of halogens is 1. The van der Waals surface area contributed by atoms with Gasteiger partial charge in [-0.05, 0) is 63.4 Å². The normalized spacial score (nSPS) is 22.5. The summed E-state index contributed by atoms with van der Waals surface area (Å²) < 4.78 is 13.1. The van der Waals surface area contributed by atoms with Gasteiger partial charge in [-0.2, -0.15) is 0 Å². The van der Waals surface area contributed by atoms with Crippen LogP contribution in [0.15, 0.2) is 36.7 Å². The third kappa shape index (κ3) is 4.90. The van der Waals surface area contributed by atoms with Gasteiger partial charge in [-0.25, -0.2) is 9.37 Å². The van der Waals surface area contributed by atoms with Gasteiger partial charge < -0.3 is 15.1 Å². The largest absolute Gasteiger partial charge is 0.337 e. The Morgan fingerprint density at radius 2 is 1.81 bits per heavy atom. The molecule has 4 rings (SSSR count). The molecule has 31 heavy (non-hydrogen) atoms. The van der Waals surface area contributed by atoms with Crippen LogP contribution in [0.25, 0.3) is 0 Å². The fourth-order valence-corrected chi connectivity index (χ4v) is 4.70. The van der Waals surface area contributed by atoms with Gasteiger partial charge in [-0.3, -0.25) is 14.6 Å². The molecular weight excluding hydrogens is 397 g/mol. The lowest BCUT2D eigenvalue weighted by atomic mass is 9.86. The number of benzene rings is 1. The Labute approximate surface area is 181 Å². The molecule has 2 saturated heterocycles. The van der Waals surface area contributed by atoms with E-state index in [1.54, 1.807) is 24.5 Å². The Hall–Kier alpha value is -2.87. The number of aryl methyl sites for hydroxylation is 1. The summed E-state index contributed by atoms with van der Waals surface area (Å²) in [5, 5.41) is 2.90. The molecule has 7 nitrogen and oxygen atoms in total. The molecule has 0 radical (unpaired) electrons. The van der Waals surface area contributed by atoms with Crippen LogP contribution in [0.1, 0.15) is 35.4 Å². The summed E-state index contributed by atoms with van der Waals surface area (Å²) in [4.78, 5) is 37.9. The molecular formula is C23H28FN5O2. The first kappa shape index (κ1) is 21.4. The predicted octanol–water partition coefficient (Wildman–Crippen LogP) is 2.74. The highest BCUT2D eigenvalue weighted by Gasteiger charge is 2.39. The van der Waals surface area contributed by atoms with E-state index < -0.39 is 0 Å². The van der Waals surface area contributed by atoms with Gasteiger partial charge in [0.2, 0.25) is 5.91 Å². The Morgan fingerprint density at radius 1 is 1.10 bits per heavy atom. The SMILES string of the molecule is Cc1cnc(C(=O)N2CCC([C@H]3C[C@H](C(=O)Nc4ccc(F)cc4)CN3C)CC2)cn1. The molecule has 0 spiro atoms. The van der Waals surface area contributed by atoms with Crippen LogP contribution in [-0.2, 0) is 4.79 Å². The van der Waals surface area contributed by atoms with E-state index >= 15 is 0 Å². The number of hydrogen-bond donors (Lipinski definition) is 1. The molecule has 0 unspecified atom stereocenters. The van der Waals surface area contributed by atoms with Crippen LogP contribution in [0, 0.1) is 24.6 Å². The topological polar surface area (TPSA) is 78.4 Å². The van der Waals surface area contributed by atoms with E-state index in [-0.39, 0.29) is 23.5 Å². The molecule has 0 bridgehead atoms. The summed E-state index contributed by atoms with van der Waals surface area (Å²) in [5.74, 6) is -0.0592. The molecule has 2 aromatic rings. The Morgan fingerprint density at radius 3 is 2.45 bits per heavy atom. The van der Waals surface area contributed by atoms with Gasteiger partial charge in [0.1, 0.15) is 11.5 Å². The zero-order valence-electron chi connectivity index (χ0n) is 17.9. The minimum atomic E-state index is -0.321. The average molecular weight is 426 g/mol. The lowest BCUT2D eigenvalue weighted by molar-refractivity contribution is -0.119. The molecule has 2 atom stereocenters. The molecule has 2 aliphatic rings. The summed E-state index contributed by atoms with van der Waals surface area (Å²) in [6.45, 7) is 3.93. The van der Waals surface area contributed by atoms with Crippen molar-refractivity contribution in [1.29, 1.82) is 0 Å². The average Bonchev–Trinajstić information content (AvgIpc) is 3.17. The van der Waals surface area contributed by atoms with E-state index in [1.807, 2.05) is 11.8 Å². The van der Waals surface area contributed by atoms with Gasteiger partial charge in [0, 0.05) is 37.6 Å². The second-order valence-corrected chi connectivity index (χ2v) is 8.61. The summed E-state index contributed by atoms with van der Waals surface area (Å²) in [5.41, 5.74) is 1.79. The maximum absolute atomic E-state index is 13.1. The quantitative estimate of drug-likeness (QED) is 0.815. The molecule has 2 fully saturated rings. The van der Waals surface area contributed by atoms with E-state index in [2.05, 4.69) is 27.2 Å². The van der Waals surface area contributed by atoms with Gasteiger partial charge in [0.25, 0.3) is 5.91 Å². The molecule has 164 valence electrons. The number of rotatable bonds is 4. The summed E-state index contributed by atoms with van der Waals surface area (Å²) in [6.07, 6.45) is 5.77. The zero-order chi connectivity index (χ0) is 22.0. The zero-order valence-corrected chi connectivity index (χ0v) is 17.9. The molecule has 1 aromatic heterocycles. The highest BCUT2D eigenvalue weighted by Crippen LogP contribution is 2.33. The van der Waals surface area contributed by atoms with Crippen molar-refractivity contribution in [2.75, 3.05) is 32.0 Å². The minimum absolute atomic E-state index is 0.0217. The molecule has 2 amide bonds. The van der Waals surface area contributed by atoms with Gasteiger partial charge >= 0.3 is 0 Å². The van der Waals surface area contributed by atoms with Crippen LogP contribution < -0.4 is 5.32 Å². The van der Waals surface area contributed by atoms with Crippen LogP contribution in [0.5, 0.6) is 0 Å². The van der Waals surface area contributed by atoms with E-state index in [9.17, 15) is 14.0 Å². The highest BCUT2D eigenvalue weighted by atomic mass is 19.1. The van der Waals surface area contributed by atoms with Crippen LogP contribution >= 0.6 is 0 Å². The number of piperidine rings is 1. The van der Waals surface area contributed by atoms with Crippen LogP contribution in [0.3, 0.4) is 0 Å². The first-order valence-corrected chi connectivity index (χ1v) is 10.8. The number of nitrogens with zero attached hydrogens (tertiary/aromatic N) is 4. The third-order valence-electron chi connectivity index (χ3n) is 6.45. The van der Waals surface area contributed by atoms with Gasteiger partial charge in [-0.1, -0.05) is 0 Å². The molecule has 1 aromatic carbocycles. The maximum atomic E-state index is 13.1. The van der Waals surface area contributed by atoms with Crippen molar-refractivity contribution >= 4 is 17.5 Å². The number of nitrogens with one attached hydrogen (secondary N) is 1. The molecule has 3 heterocycles. The maximum Gasteiger partial charge on any atom is 0.274 e. The van der Waals surface area contributed by atoms with Gasteiger partial charge in [-0.15, -0.1) is 0 Å². The summed E-state index contributed by atoms with van der Waals surface area (Å²) in [7, 11) is 2.06. The molecule has 8 heteroatoms. The Balaban J connectivity index is 1.30. The van der Waals surface area contributed by atoms with Crippen LogP contribution in [-0.4, -0.2) is 64.3 Å². The minimum Gasteiger partial charge on any atom is -0.337 e. The summed E-state index contributed by atoms with van der Waals surface area (Å²) in [6, 6.07) is 6.16. The van der Waals surface area contributed by atoms with Crippen LogP contribution in [0.2, 0.25) is 0 Å². The fraction of sp³-hybridized carbons (Fsp3) is 0.478. The van der Waals surface area contributed by atoms with Gasteiger partial charge in [0.05, 0.1) is 17.8 Å². The van der Waals surface area contributed by atoms with E-state index in [0.717, 1.165) is 25.0 Å². The second kappa shape index (κ2) is 9.09. The second-order valence-electron chi connectivity index (χ2n) is 8.61. The first-order chi connectivity index (χ1) is 14.9. The fourth-order valence-electron chi connectivity index (χ4n) is 4.70. The molecule has 2 aliphatic heterocycles. The Bertz CT molecular complexity index is 926. The Kier molecular flexibility index (Phi) is 6.27. The lowest BCUT2D eigenvalue weighted by Gasteiger charge is -2.37. The molecule has 1 N–H and O–H groups in total.